The van der Waals surface area contributed by atoms with Gasteiger partial charge >= 0.3 is 0 Å². The number of hydrogen-bond acceptors (Lipinski definition) is 4. The van der Waals surface area contributed by atoms with Crippen molar-refractivity contribution < 1.29 is 0 Å². The van der Waals surface area contributed by atoms with Gasteiger partial charge in [-0.25, -0.2) is 4.98 Å². The Labute approximate surface area is 115 Å². The van der Waals surface area contributed by atoms with Crippen LogP contribution < -0.4 is 10.2 Å². The van der Waals surface area contributed by atoms with Gasteiger partial charge in [0.15, 0.2) is 5.13 Å². The molecule has 1 aliphatic rings. The second-order valence-corrected chi connectivity index (χ2v) is 6.93. The van der Waals surface area contributed by atoms with Crippen LogP contribution in [0.1, 0.15) is 37.8 Å². The Bertz CT molecular complexity index is 386. The van der Waals surface area contributed by atoms with Crippen molar-refractivity contribution in [3.05, 3.63) is 10.6 Å². The van der Waals surface area contributed by atoms with Crippen molar-refractivity contribution in [2.45, 2.75) is 40.7 Å². The van der Waals surface area contributed by atoms with E-state index >= 15 is 0 Å². The van der Waals surface area contributed by atoms with Crippen LogP contribution in [0.2, 0.25) is 0 Å². The molecule has 2 rings (SSSR count). The van der Waals surface area contributed by atoms with Gasteiger partial charge in [0.2, 0.25) is 0 Å². The summed E-state index contributed by atoms with van der Waals surface area (Å²) in [6.45, 7) is 13.3. The summed E-state index contributed by atoms with van der Waals surface area (Å²) < 4.78 is 0. The number of rotatable bonds is 5. The van der Waals surface area contributed by atoms with Crippen LogP contribution in [0.4, 0.5) is 5.13 Å². The lowest BCUT2D eigenvalue weighted by Gasteiger charge is -2.13. The zero-order valence-corrected chi connectivity index (χ0v) is 12.8. The molecule has 1 N–H and O–H groups in total. The van der Waals surface area contributed by atoms with E-state index in [9.17, 15) is 0 Å². The molecule has 2 heterocycles. The topological polar surface area (TPSA) is 28.2 Å². The van der Waals surface area contributed by atoms with Crippen molar-refractivity contribution in [1.29, 1.82) is 0 Å². The minimum Gasteiger partial charge on any atom is -0.348 e. The van der Waals surface area contributed by atoms with Crippen molar-refractivity contribution in [2.75, 3.05) is 24.5 Å². The van der Waals surface area contributed by atoms with Crippen molar-refractivity contribution in [3.63, 3.8) is 0 Å². The van der Waals surface area contributed by atoms with Gasteiger partial charge in [0.05, 0.1) is 5.69 Å². The van der Waals surface area contributed by atoms with E-state index in [0.717, 1.165) is 19.0 Å². The predicted octanol–water partition coefficient (Wildman–Crippen LogP) is 3.04. The molecule has 1 aromatic heterocycles. The molecule has 3 nitrogen and oxygen atoms in total. The van der Waals surface area contributed by atoms with Crippen LogP contribution in [-0.4, -0.2) is 24.6 Å². The maximum atomic E-state index is 4.73. The zero-order valence-electron chi connectivity index (χ0n) is 12.0. The first-order valence-electron chi connectivity index (χ1n) is 6.98. The quantitative estimate of drug-likeness (QED) is 0.889. The monoisotopic (exact) mass is 267 g/mol. The SMILES string of the molecule is Cc1nc(N2CCC(C)C2)sc1CNCC(C)C. The van der Waals surface area contributed by atoms with Gasteiger partial charge in [-0.3, -0.25) is 0 Å². The summed E-state index contributed by atoms with van der Waals surface area (Å²) in [5.74, 6) is 1.52. The van der Waals surface area contributed by atoms with Crippen LogP contribution in [0.5, 0.6) is 0 Å². The molecule has 18 heavy (non-hydrogen) atoms. The van der Waals surface area contributed by atoms with E-state index in [2.05, 4.69) is 37.9 Å². The molecule has 0 amide bonds. The summed E-state index contributed by atoms with van der Waals surface area (Å²) in [6.07, 6.45) is 1.31. The molecule has 1 unspecified atom stereocenters. The highest BCUT2D eigenvalue weighted by atomic mass is 32.1. The van der Waals surface area contributed by atoms with E-state index < -0.39 is 0 Å². The molecule has 0 aromatic carbocycles. The number of nitrogens with zero attached hydrogens (tertiary/aromatic N) is 2. The first-order valence-corrected chi connectivity index (χ1v) is 7.80. The Hall–Kier alpha value is -0.610. The highest BCUT2D eigenvalue weighted by molar-refractivity contribution is 7.15. The van der Waals surface area contributed by atoms with Gasteiger partial charge in [0.1, 0.15) is 0 Å². The lowest BCUT2D eigenvalue weighted by atomic mass is 10.2. The third kappa shape index (κ3) is 3.45. The minimum atomic E-state index is 0.706. The van der Waals surface area contributed by atoms with Crippen LogP contribution in [0.3, 0.4) is 0 Å². The van der Waals surface area contributed by atoms with Gasteiger partial charge < -0.3 is 10.2 Å². The van der Waals surface area contributed by atoms with Crippen LogP contribution >= 0.6 is 11.3 Å². The fourth-order valence-electron chi connectivity index (χ4n) is 2.30. The van der Waals surface area contributed by atoms with Crippen LogP contribution in [0.15, 0.2) is 0 Å². The average molecular weight is 267 g/mol. The maximum Gasteiger partial charge on any atom is 0.185 e. The van der Waals surface area contributed by atoms with Crippen LogP contribution in [0, 0.1) is 18.8 Å². The molecule has 0 radical (unpaired) electrons. The van der Waals surface area contributed by atoms with E-state index in [1.807, 2.05) is 11.3 Å². The third-order valence-electron chi connectivity index (χ3n) is 3.41. The molecule has 1 aliphatic heterocycles. The molecule has 1 saturated heterocycles. The number of nitrogens with one attached hydrogen (secondary N) is 1. The Morgan fingerprint density at radius 1 is 1.50 bits per heavy atom. The largest absolute Gasteiger partial charge is 0.348 e. The lowest BCUT2D eigenvalue weighted by Crippen LogP contribution is -2.19. The van der Waals surface area contributed by atoms with Crippen LogP contribution in [-0.2, 0) is 6.54 Å². The summed E-state index contributed by atoms with van der Waals surface area (Å²) in [4.78, 5) is 8.56. The summed E-state index contributed by atoms with van der Waals surface area (Å²) >= 11 is 1.86. The van der Waals surface area contributed by atoms with Gasteiger partial charge in [-0.05, 0) is 31.7 Å². The summed E-state index contributed by atoms with van der Waals surface area (Å²) in [7, 11) is 0. The number of aromatic nitrogens is 1. The molecule has 1 fully saturated rings. The molecule has 4 heteroatoms. The van der Waals surface area contributed by atoms with Crippen molar-refractivity contribution >= 4 is 16.5 Å². The normalized spacial score (nSPS) is 20.1. The van der Waals surface area contributed by atoms with Gasteiger partial charge in [0.25, 0.3) is 0 Å². The van der Waals surface area contributed by atoms with E-state index in [4.69, 9.17) is 4.98 Å². The van der Waals surface area contributed by atoms with Gasteiger partial charge in [-0.2, -0.15) is 0 Å². The predicted molar refractivity (Wildman–Crippen MR) is 79.4 cm³/mol. The molecule has 1 atom stereocenters. The zero-order chi connectivity index (χ0) is 13.1. The number of thiazole rings is 1. The molecule has 0 aliphatic carbocycles. The van der Waals surface area contributed by atoms with Gasteiger partial charge in [0, 0.05) is 24.5 Å². The number of anilines is 1. The van der Waals surface area contributed by atoms with E-state index in [1.54, 1.807) is 0 Å². The summed E-state index contributed by atoms with van der Waals surface area (Å²) in [5, 5.41) is 4.73. The average Bonchev–Trinajstić information content (AvgIpc) is 2.86. The Morgan fingerprint density at radius 3 is 2.89 bits per heavy atom. The van der Waals surface area contributed by atoms with Gasteiger partial charge in [-0.1, -0.05) is 20.8 Å². The molecule has 0 saturated carbocycles. The highest BCUT2D eigenvalue weighted by Crippen LogP contribution is 2.30. The Kier molecular flexibility index (Phi) is 4.62. The molecular formula is C14H25N3S. The Balaban J connectivity index is 1.94. The second-order valence-electron chi connectivity index (χ2n) is 5.87. The van der Waals surface area contributed by atoms with Crippen molar-refractivity contribution in [1.82, 2.24) is 10.3 Å². The Morgan fingerprint density at radius 2 is 2.28 bits per heavy atom. The fraction of sp³-hybridized carbons (Fsp3) is 0.786. The smallest absolute Gasteiger partial charge is 0.185 e. The number of hydrogen-bond donors (Lipinski definition) is 1. The minimum absolute atomic E-state index is 0.706. The molecule has 1 aromatic rings. The molecule has 0 spiro atoms. The molecule has 0 bridgehead atoms. The first-order chi connectivity index (χ1) is 8.56. The van der Waals surface area contributed by atoms with E-state index in [1.165, 1.54) is 35.2 Å². The van der Waals surface area contributed by atoms with Crippen LogP contribution in [0.25, 0.3) is 0 Å². The summed E-state index contributed by atoms with van der Waals surface area (Å²) in [5.41, 5.74) is 1.20. The lowest BCUT2D eigenvalue weighted by molar-refractivity contribution is 0.554. The standard InChI is InChI=1S/C14H25N3S/c1-10(2)7-15-8-13-12(4)16-14(18-13)17-6-5-11(3)9-17/h10-11,15H,5-9H2,1-4H3. The highest BCUT2D eigenvalue weighted by Gasteiger charge is 2.22. The van der Waals surface area contributed by atoms with Crippen molar-refractivity contribution in [2.24, 2.45) is 11.8 Å². The fourth-order valence-corrected chi connectivity index (χ4v) is 3.36. The molecular weight excluding hydrogens is 242 g/mol. The second kappa shape index (κ2) is 6.02. The summed E-state index contributed by atoms with van der Waals surface area (Å²) in [6, 6.07) is 0. The molecule has 102 valence electrons. The van der Waals surface area contributed by atoms with Crippen molar-refractivity contribution in [3.8, 4) is 0 Å². The van der Waals surface area contributed by atoms with Gasteiger partial charge in [-0.15, -0.1) is 11.3 Å². The van der Waals surface area contributed by atoms with E-state index in [0.29, 0.717) is 5.92 Å². The van der Waals surface area contributed by atoms with E-state index in [-0.39, 0.29) is 0 Å². The maximum absolute atomic E-state index is 4.73. The third-order valence-corrected chi connectivity index (χ3v) is 4.63. The number of aryl methyl sites for hydroxylation is 1. The first kappa shape index (κ1) is 13.8.